The van der Waals surface area contributed by atoms with Crippen LogP contribution in [0.1, 0.15) is 33.4 Å². The first-order valence-electron chi connectivity index (χ1n) is 5.89. The predicted octanol–water partition coefficient (Wildman–Crippen LogP) is 1.39. The summed E-state index contributed by atoms with van der Waals surface area (Å²) in [5.41, 5.74) is -0.541. The highest BCUT2D eigenvalue weighted by molar-refractivity contribution is 5.46. The molecule has 0 spiro atoms. The second-order valence-corrected chi connectivity index (χ2v) is 5.56. The van der Waals surface area contributed by atoms with E-state index in [9.17, 15) is 5.11 Å². The molecular weight excluding hydrogens is 230 g/mol. The van der Waals surface area contributed by atoms with Crippen LogP contribution in [0.15, 0.2) is 12.4 Å². The van der Waals surface area contributed by atoms with Gasteiger partial charge in [0.05, 0.1) is 11.1 Å². The van der Waals surface area contributed by atoms with Crippen LogP contribution < -0.4 is 5.32 Å². The summed E-state index contributed by atoms with van der Waals surface area (Å²) in [6.07, 6.45) is 1.46. The third kappa shape index (κ3) is 2.15. The van der Waals surface area contributed by atoms with Crippen molar-refractivity contribution in [3.05, 3.63) is 18.1 Å². The lowest BCUT2D eigenvalue weighted by Gasteiger charge is -2.38. The van der Waals surface area contributed by atoms with Crippen LogP contribution in [0.3, 0.4) is 0 Å². The summed E-state index contributed by atoms with van der Waals surface area (Å²) in [5.74, 6) is 1.31. The average molecular weight is 249 g/mol. The van der Waals surface area contributed by atoms with Crippen LogP contribution in [-0.2, 0) is 0 Å². The maximum atomic E-state index is 10.2. The summed E-state index contributed by atoms with van der Waals surface area (Å²) in [7, 11) is 0. The van der Waals surface area contributed by atoms with Gasteiger partial charge in [0.1, 0.15) is 12.1 Å². The lowest BCUT2D eigenvalue weighted by molar-refractivity contribution is 0.0238. The molecule has 0 bridgehead atoms. The summed E-state index contributed by atoms with van der Waals surface area (Å²) in [6.45, 7) is 9.31. The van der Waals surface area contributed by atoms with Crippen molar-refractivity contribution in [1.29, 1.82) is 0 Å². The van der Waals surface area contributed by atoms with Gasteiger partial charge in [0.2, 0.25) is 0 Å². The van der Waals surface area contributed by atoms with Crippen molar-refractivity contribution in [3.63, 3.8) is 0 Å². The molecule has 0 radical (unpaired) electrons. The lowest BCUT2D eigenvalue weighted by atomic mass is 9.86. The Labute approximate surface area is 106 Å². The Kier molecular flexibility index (Phi) is 2.77. The van der Waals surface area contributed by atoms with Gasteiger partial charge in [-0.25, -0.2) is 4.98 Å². The molecule has 2 heterocycles. The molecule has 2 rings (SSSR count). The Morgan fingerprint density at radius 1 is 1.28 bits per heavy atom. The van der Waals surface area contributed by atoms with E-state index in [1.165, 1.54) is 6.33 Å². The zero-order valence-corrected chi connectivity index (χ0v) is 11.4. The van der Waals surface area contributed by atoms with Crippen LogP contribution in [0.25, 0.3) is 5.78 Å². The summed E-state index contributed by atoms with van der Waals surface area (Å²) < 4.78 is 1.63. The van der Waals surface area contributed by atoms with Crippen molar-refractivity contribution in [1.82, 2.24) is 19.6 Å². The minimum absolute atomic E-state index is 0.514. The number of hydrogen-bond acceptors (Lipinski definition) is 5. The molecule has 0 aromatic carbocycles. The molecule has 0 atom stereocenters. The van der Waals surface area contributed by atoms with Crippen molar-refractivity contribution in [2.24, 2.45) is 0 Å². The van der Waals surface area contributed by atoms with Crippen LogP contribution in [0.4, 0.5) is 5.82 Å². The molecule has 98 valence electrons. The third-order valence-electron chi connectivity index (χ3n) is 3.35. The Morgan fingerprint density at radius 2 is 1.94 bits per heavy atom. The second-order valence-electron chi connectivity index (χ2n) is 5.56. The van der Waals surface area contributed by atoms with Gasteiger partial charge < -0.3 is 10.4 Å². The van der Waals surface area contributed by atoms with Crippen molar-refractivity contribution in [2.45, 2.75) is 45.8 Å². The molecule has 0 amide bonds. The molecule has 18 heavy (non-hydrogen) atoms. The van der Waals surface area contributed by atoms with E-state index in [4.69, 9.17) is 0 Å². The smallest absolute Gasteiger partial charge is 0.254 e. The average Bonchev–Trinajstić information content (AvgIpc) is 2.62. The molecule has 0 aliphatic heterocycles. The van der Waals surface area contributed by atoms with Gasteiger partial charge in [-0.1, -0.05) is 0 Å². The zero-order chi connectivity index (χ0) is 13.6. The number of aromatic nitrogens is 4. The third-order valence-corrected chi connectivity index (χ3v) is 3.35. The molecule has 6 nitrogen and oxygen atoms in total. The number of hydrogen-bond donors (Lipinski definition) is 2. The van der Waals surface area contributed by atoms with Crippen molar-refractivity contribution in [2.75, 3.05) is 5.32 Å². The molecule has 0 aliphatic rings. The number of nitrogens with one attached hydrogen (secondary N) is 1. The molecule has 2 aromatic heterocycles. The minimum atomic E-state index is -0.878. The first-order valence-corrected chi connectivity index (χ1v) is 5.89. The maximum Gasteiger partial charge on any atom is 0.254 e. The fraction of sp³-hybridized carbons (Fsp3) is 0.583. The van der Waals surface area contributed by atoms with E-state index in [1.807, 2.05) is 26.8 Å². The Hall–Kier alpha value is -1.69. The SMILES string of the molecule is Cc1cc(NC(C)(C)C(C)(C)O)n2ncnc2n1. The number of anilines is 1. The highest BCUT2D eigenvalue weighted by atomic mass is 16.3. The van der Waals surface area contributed by atoms with E-state index in [1.54, 1.807) is 18.4 Å². The standard InChI is InChI=1S/C12H19N5O/c1-8-6-9(16-11(2,3)12(4,5)18)17-10(15-8)13-7-14-17/h6-7,16,18H,1-5H3. The minimum Gasteiger partial charge on any atom is -0.388 e. The number of rotatable bonds is 3. The molecule has 0 fully saturated rings. The van der Waals surface area contributed by atoms with E-state index >= 15 is 0 Å². The van der Waals surface area contributed by atoms with Gasteiger partial charge in [-0.05, 0) is 34.6 Å². The molecule has 0 saturated heterocycles. The predicted molar refractivity (Wildman–Crippen MR) is 69.5 cm³/mol. The van der Waals surface area contributed by atoms with Crippen molar-refractivity contribution >= 4 is 11.6 Å². The molecular formula is C12H19N5O. The summed E-state index contributed by atoms with van der Waals surface area (Å²) in [5, 5.41) is 17.6. The Morgan fingerprint density at radius 3 is 2.56 bits per heavy atom. The summed E-state index contributed by atoms with van der Waals surface area (Å²) in [6, 6.07) is 1.88. The molecule has 2 N–H and O–H groups in total. The quantitative estimate of drug-likeness (QED) is 0.860. The Balaban J connectivity index is 2.46. The fourth-order valence-electron chi connectivity index (χ4n) is 1.49. The largest absolute Gasteiger partial charge is 0.388 e. The van der Waals surface area contributed by atoms with E-state index in [-0.39, 0.29) is 0 Å². The summed E-state index contributed by atoms with van der Waals surface area (Å²) in [4.78, 5) is 8.35. The highest BCUT2D eigenvalue weighted by Crippen LogP contribution is 2.26. The van der Waals surface area contributed by atoms with Crippen LogP contribution in [0.2, 0.25) is 0 Å². The van der Waals surface area contributed by atoms with E-state index < -0.39 is 11.1 Å². The van der Waals surface area contributed by atoms with Crippen LogP contribution in [-0.4, -0.2) is 35.8 Å². The fourth-order valence-corrected chi connectivity index (χ4v) is 1.49. The van der Waals surface area contributed by atoms with Crippen molar-refractivity contribution in [3.8, 4) is 0 Å². The van der Waals surface area contributed by atoms with Crippen LogP contribution in [0, 0.1) is 6.92 Å². The second kappa shape index (κ2) is 3.91. The van der Waals surface area contributed by atoms with Gasteiger partial charge in [0.15, 0.2) is 0 Å². The van der Waals surface area contributed by atoms with E-state index in [2.05, 4.69) is 20.4 Å². The number of fused-ring (bicyclic) bond motifs is 1. The van der Waals surface area contributed by atoms with Gasteiger partial charge in [-0.2, -0.15) is 14.6 Å². The highest BCUT2D eigenvalue weighted by Gasteiger charge is 2.35. The lowest BCUT2D eigenvalue weighted by Crippen LogP contribution is -2.51. The van der Waals surface area contributed by atoms with E-state index in [0.717, 1.165) is 11.5 Å². The molecule has 0 aliphatic carbocycles. The van der Waals surface area contributed by atoms with Gasteiger partial charge in [-0.3, -0.25) is 0 Å². The molecule has 6 heteroatoms. The topological polar surface area (TPSA) is 75.3 Å². The van der Waals surface area contributed by atoms with Gasteiger partial charge in [-0.15, -0.1) is 0 Å². The van der Waals surface area contributed by atoms with Crippen LogP contribution >= 0.6 is 0 Å². The molecule has 0 unspecified atom stereocenters. The van der Waals surface area contributed by atoms with Gasteiger partial charge >= 0.3 is 0 Å². The summed E-state index contributed by atoms with van der Waals surface area (Å²) >= 11 is 0. The van der Waals surface area contributed by atoms with E-state index in [0.29, 0.717) is 5.78 Å². The van der Waals surface area contributed by atoms with Gasteiger partial charge in [0, 0.05) is 11.8 Å². The Bertz CT molecular complexity index is 567. The molecule has 2 aromatic rings. The van der Waals surface area contributed by atoms with Crippen molar-refractivity contribution < 1.29 is 5.11 Å². The number of aryl methyl sites for hydroxylation is 1. The number of aliphatic hydroxyl groups is 1. The van der Waals surface area contributed by atoms with Crippen LogP contribution in [0.5, 0.6) is 0 Å². The normalized spacial score (nSPS) is 13.0. The maximum absolute atomic E-state index is 10.2. The first kappa shape index (κ1) is 12.8. The monoisotopic (exact) mass is 249 g/mol. The first-order chi connectivity index (χ1) is 8.21. The van der Waals surface area contributed by atoms with Gasteiger partial charge in [0.25, 0.3) is 5.78 Å². The molecule has 0 saturated carbocycles. The number of nitrogens with zero attached hydrogens (tertiary/aromatic N) is 4. The zero-order valence-electron chi connectivity index (χ0n) is 11.4.